The lowest BCUT2D eigenvalue weighted by molar-refractivity contribution is 0.511. The zero-order chi connectivity index (χ0) is 11.4. The van der Waals surface area contributed by atoms with Crippen LogP contribution in [0.2, 0.25) is 0 Å². The summed E-state index contributed by atoms with van der Waals surface area (Å²) in [5.41, 5.74) is 3.34. The third-order valence-electron chi connectivity index (χ3n) is 2.81. The lowest BCUT2D eigenvalue weighted by Crippen LogP contribution is -2.25. The largest absolute Gasteiger partial charge is 0.381 e. The van der Waals surface area contributed by atoms with Gasteiger partial charge >= 0.3 is 0 Å². The van der Waals surface area contributed by atoms with Crippen LogP contribution in [0.15, 0.2) is 12.1 Å². The molecule has 1 atom stereocenters. The molecule has 1 unspecified atom stereocenters. The highest BCUT2D eigenvalue weighted by atomic mass is 14.9. The molecule has 1 aromatic heterocycles. The Labute approximate surface area is 93.1 Å². The molecule has 0 radical (unpaired) electrons. The van der Waals surface area contributed by atoms with E-state index in [2.05, 4.69) is 50.1 Å². The number of anilines is 1. The Morgan fingerprint density at radius 1 is 1.27 bits per heavy atom. The summed E-state index contributed by atoms with van der Waals surface area (Å²) in [4.78, 5) is 4.46. The molecule has 0 aliphatic heterocycles. The minimum atomic E-state index is 0.535. The minimum Gasteiger partial charge on any atom is -0.381 e. The van der Waals surface area contributed by atoms with E-state index in [-0.39, 0.29) is 0 Å². The number of rotatable bonds is 4. The second-order valence-corrected chi connectivity index (χ2v) is 4.49. The van der Waals surface area contributed by atoms with Crippen LogP contribution in [-0.4, -0.2) is 11.0 Å². The first-order chi connectivity index (χ1) is 7.04. The van der Waals surface area contributed by atoms with E-state index in [9.17, 15) is 0 Å². The minimum absolute atomic E-state index is 0.535. The Kier molecular flexibility index (Phi) is 4.13. The van der Waals surface area contributed by atoms with Crippen molar-refractivity contribution < 1.29 is 0 Å². The quantitative estimate of drug-likeness (QED) is 0.815. The van der Waals surface area contributed by atoms with Crippen molar-refractivity contribution in [1.82, 2.24) is 4.98 Å². The van der Waals surface area contributed by atoms with Gasteiger partial charge in [0.1, 0.15) is 0 Å². The SMILES string of the molecule is CCC(Nc1ccc(C)nc1C)C(C)C. The molecule has 0 amide bonds. The molecule has 1 heterocycles. The molecular formula is C13H22N2. The van der Waals surface area contributed by atoms with Gasteiger partial charge in [0.25, 0.3) is 0 Å². The molecule has 0 spiro atoms. The van der Waals surface area contributed by atoms with Crippen molar-refractivity contribution in [2.75, 3.05) is 5.32 Å². The number of pyridine rings is 1. The molecule has 0 bridgehead atoms. The van der Waals surface area contributed by atoms with Crippen LogP contribution in [0.3, 0.4) is 0 Å². The fraction of sp³-hybridized carbons (Fsp3) is 0.615. The molecule has 2 nitrogen and oxygen atoms in total. The zero-order valence-electron chi connectivity index (χ0n) is 10.5. The van der Waals surface area contributed by atoms with Crippen LogP contribution < -0.4 is 5.32 Å². The average Bonchev–Trinajstić information content (AvgIpc) is 2.16. The number of hydrogen-bond acceptors (Lipinski definition) is 2. The second kappa shape index (κ2) is 5.15. The molecule has 0 aliphatic rings. The summed E-state index contributed by atoms with van der Waals surface area (Å²) < 4.78 is 0. The Bertz CT molecular complexity index is 318. The number of aromatic nitrogens is 1. The standard InChI is InChI=1S/C13H22N2/c1-6-12(9(2)3)15-13-8-7-10(4)14-11(13)5/h7-9,12,15H,6H2,1-5H3. The van der Waals surface area contributed by atoms with Gasteiger partial charge < -0.3 is 5.32 Å². The lowest BCUT2D eigenvalue weighted by Gasteiger charge is -2.22. The molecule has 1 rings (SSSR count). The molecule has 0 saturated carbocycles. The van der Waals surface area contributed by atoms with Crippen molar-refractivity contribution in [3.63, 3.8) is 0 Å². The summed E-state index contributed by atoms with van der Waals surface area (Å²) >= 11 is 0. The highest BCUT2D eigenvalue weighted by molar-refractivity contribution is 5.48. The van der Waals surface area contributed by atoms with E-state index >= 15 is 0 Å². The van der Waals surface area contributed by atoms with E-state index in [1.165, 1.54) is 5.69 Å². The summed E-state index contributed by atoms with van der Waals surface area (Å²) in [6.07, 6.45) is 1.14. The number of hydrogen-bond donors (Lipinski definition) is 1. The molecule has 0 fully saturated rings. The molecule has 1 N–H and O–H groups in total. The first-order valence-corrected chi connectivity index (χ1v) is 5.75. The van der Waals surface area contributed by atoms with Gasteiger partial charge in [0.15, 0.2) is 0 Å². The van der Waals surface area contributed by atoms with Gasteiger partial charge in [0.05, 0.1) is 11.4 Å². The van der Waals surface area contributed by atoms with Crippen LogP contribution in [0.1, 0.15) is 38.6 Å². The zero-order valence-corrected chi connectivity index (χ0v) is 10.5. The highest BCUT2D eigenvalue weighted by Crippen LogP contribution is 2.18. The van der Waals surface area contributed by atoms with Crippen molar-refractivity contribution >= 4 is 5.69 Å². The normalized spacial score (nSPS) is 12.9. The van der Waals surface area contributed by atoms with Crippen LogP contribution >= 0.6 is 0 Å². The van der Waals surface area contributed by atoms with Crippen molar-refractivity contribution in [3.05, 3.63) is 23.5 Å². The predicted octanol–water partition coefficient (Wildman–Crippen LogP) is 3.54. The van der Waals surface area contributed by atoms with E-state index < -0.39 is 0 Å². The molecule has 0 saturated heterocycles. The first kappa shape index (κ1) is 12.0. The molecule has 0 aromatic carbocycles. The van der Waals surface area contributed by atoms with Gasteiger partial charge in [0.2, 0.25) is 0 Å². The fourth-order valence-electron chi connectivity index (χ4n) is 1.78. The Morgan fingerprint density at radius 2 is 1.93 bits per heavy atom. The van der Waals surface area contributed by atoms with Crippen LogP contribution in [-0.2, 0) is 0 Å². The average molecular weight is 206 g/mol. The second-order valence-electron chi connectivity index (χ2n) is 4.49. The molecule has 84 valence electrons. The van der Waals surface area contributed by atoms with E-state index in [1.807, 2.05) is 6.92 Å². The molecule has 2 heteroatoms. The Morgan fingerprint density at radius 3 is 2.40 bits per heavy atom. The summed E-state index contributed by atoms with van der Waals surface area (Å²) in [6.45, 7) is 10.8. The third-order valence-corrected chi connectivity index (χ3v) is 2.81. The maximum absolute atomic E-state index is 4.46. The van der Waals surface area contributed by atoms with Gasteiger partial charge in [-0.3, -0.25) is 4.98 Å². The van der Waals surface area contributed by atoms with E-state index in [4.69, 9.17) is 0 Å². The number of nitrogens with one attached hydrogen (secondary N) is 1. The smallest absolute Gasteiger partial charge is 0.0606 e. The van der Waals surface area contributed by atoms with Crippen LogP contribution in [0, 0.1) is 19.8 Å². The van der Waals surface area contributed by atoms with Gasteiger partial charge in [-0.2, -0.15) is 0 Å². The van der Waals surface area contributed by atoms with E-state index in [1.54, 1.807) is 0 Å². The van der Waals surface area contributed by atoms with Gasteiger partial charge in [0, 0.05) is 11.7 Å². The van der Waals surface area contributed by atoms with Crippen LogP contribution in [0.5, 0.6) is 0 Å². The summed E-state index contributed by atoms with van der Waals surface area (Å²) in [6, 6.07) is 4.72. The summed E-state index contributed by atoms with van der Waals surface area (Å²) in [5, 5.41) is 3.56. The number of aryl methyl sites for hydroxylation is 2. The van der Waals surface area contributed by atoms with E-state index in [0.717, 1.165) is 17.8 Å². The first-order valence-electron chi connectivity index (χ1n) is 5.75. The molecular weight excluding hydrogens is 184 g/mol. The Hall–Kier alpha value is -1.05. The monoisotopic (exact) mass is 206 g/mol. The Balaban J connectivity index is 2.79. The van der Waals surface area contributed by atoms with Gasteiger partial charge in [-0.1, -0.05) is 20.8 Å². The highest BCUT2D eigenvalue weighted by Gasteiger charge is 2.11. The number of nitrogens with zero attached hydrogens (tertiary/aromatic N) is 1. The van der Waals surface area contributed by atoms with Crippen LogP contribution in [0.4, 0.5) is 5.69 Å². The molecule has 0 aliphatic carbocycles. The maximum atomic E-state index is 4.46. The van der Waals surface area contributed by atoms with Crippen molar-refractivity contribution in [2.24, 2.45) is 5.92 Å². The lowest BCUT2D eigenvalue weighted by atomic mass is 10.0. The summed E-state index contributed by atoms with van der Waals surface area (Å²) in [7, 11) is 0. The van der Waals surface area contributed by atoms with Crippen molar-refractivity contribution in [3.8, 4) is 0 Å². The van der Waals surface area contributed by atoms with Gasteiger partial charge in [-0.25, -0.2) is 0 Å². The maximum Gasteiger partial charge on any atom is 0.0606 e. The van der Waals surface area contributed by atoms with Crippen molar-refractivity contribution in [1.29, 1.82) is 0 Å². The van der Waals surface area contributed by atoms with Crippen LogP contribution in [0.25, 0.3) is 0 Å². The predicted molar refractivity (Wildman–Crippen MR) is 66.3 cm³/mol. The topological polar surface area (TPSA) is 24.9 Å². The third kappa shape index (κ3) is 3.22. The summed E-state index contributed by atoms with van der Waals surface area (Å²) in [5.74, 6) is 0.649. The van der Waals surface area contributed by atoms with Crippen molar-refractivity contribution in [2.45, 2.75) is 47.1 Å². The van der Waals surface area contributed by atoms with Gasteiger partial charge in [-0.05, 0) is 38.3 Å². The van der Waals surface area contributed by atoms with Gasteiger partial charge in [-0.15, -0.1) is 0 Å². The van der Waals surface area contributed by atoms with E-state index in [0.29, 0.717) is 12.0 Å². The molecule has 15 heavy (non-hydrogen) atoms. The fourth-order valence-corrected chi connectivity index (χ4v) is 1.78. The molecule has 1 aromatic rings.